The maximum Gasteiger partial charge on any atom is 0.240 e. The lowest BCUT2D eigenvalue weighted by Crippen LogP contribution is -2.40. The van der Waals surface area contributed by atoms with E-state index in [-0.39, 0.29) is 12.5 Å². The zero-order chi connectivity index (χ0) is 19.0. The van der Waals surface area contributed by atoms with Crippen molar-refractivity contribution in [1.29, 1.82) is 0 Å². The summed E-state index contributed by atoms with van der Waals surface area (Å²) in [5.41, 5.74) is 1.53. The summed E-state index contributed by atoms with van der Waals surface area (Å²) in [6.07, 6.45) is 1.98. The van der Waals surface area contributed by atoms with Crippen LogP contribution in [0.1, 0.15) is 34.1 Å². The van der Waals surface area contributed by atoms with Gasteiger partial charge in [0.2, 0.25) is 15.9 Å². The van der Waals surface area contributed by atoms with Crippen LogP contribution in [0.5, 0.6) is 0 Å². The lowest BCUT2D eigenvalue weighted by atomic mass is 10.1. The molecule has 1 aromatic carbocycles. The Bertz CT molecular complexity index is 638. The van der Waals surface area contributed by atoms with Gasteiger partial charge < -0.3 is 10.2 Å². The summed E-state index contributed by atoms with van der Waals surface area (Å²) in [5.74, 6) is 0.192. The van der Waals surface area contributed by atoms with Crippen LogP contribution in [0.25, 0.3) is 0 Å². The molecule has 1 N–H and O–H groups in total. The molecule has 1 rings (SSSR count). The molecule has 142 valence electrons. The van der Waals surface area contributed by atoms with Gasteiger partial charge >= 0.3 is 0 Å². The van der Waals surface area contributed by atoms with E-state index in [1.807, 2.05) is 12.1 Å². The van der Waals surface area contributed by atoms with Crippen molar-refractivity contribution in [2.75, 3.05) is 41.6 Å². The molecular formula is C18H31N3O3S. The number of hydrogen-bond donors (Lipinski definition) is 1. The quantitative estimate of drug-likeness (QED) is 0.688. The van der Waals surface area contributed by atoms with E-state index in [4.69, 9.17) is 0 Å². The zero-order valence-corrected chi connectivity index (χ0v) is 16.8. The van der Waals surface area contributed by atoms with E-state index in [9.17, 15) is 13.2 Å². The highest BCUT2D eigenvalue weighted by Crippen LogP contribution is 2.22. The molecule has 1 aromatic rings. The van der Waals surface area contributed by atoms with Gasteiger partial charge in [0, 0.05) is 25.3 Å². The molecule has 0 saturated heterocycles. The molecule has 0 unspecified atom stereocenters. The van der Waals surface area contributed by atoms with Gasteiger partial charge in [0.15, 0.2) is 0 Å². The van der Waals surface area contributed by atoms with Gasteiger partial charge in [-0.1, -0.05) is 13.8 Å². The highest BCUT2D eigenvalue weighted by atomic mass is 32.2. The van der Waals surface area contributed by atoms with E-state index in [0.29, 0.717) is 18.2 Å². The summed E-state index contributed by atoms with van der Waals surface area (Å²) >= 11 is 0. The monoisotopic (exact) mass is 369 g/mol. The maximum absolute atomic E-state index is 12.1. The molecule has 1 amide bonds. The van der Waals surface area contributed by atoms with Gasteiger partial charge in [-0.2, -0.15) is 0 Å². The number of nitrogens with one attached hydrogen (secondary N) is 1. The van der Waals surface area contributed by atoms with E-state index in [0.717, 1.165) is 35.8 Å². The minimum absolute atomic E-state index is 0.207. The summed E-state index contributed by atoms with van der Waals surface area (Å²) in [7, 11) is -3.54. The number of rotatable bonds is 10. The number of nitrogens with zero attached hydrogens (tertiary/aromatic N) is 2. The fourth-order valence-corrected chi connectivity index (χ4v) is 3.36. The van der Waals surface area contributed by atoms with Crippen LogP contribution in [0.3, 0.4) is 0 Å². The first-order valence-electron chi connectivity index (χ1n) is 8.78. The van der Waals surface area contributed by atoms with Gasteiger partial charge in [-0.05, 0) is 50.5 Å². The first-order chi connectivity index (χ1) is 11.7. The van der Waals surface area contributed by atoms with Crippen molar-refractivity contribution >= 4 is 27.3 Å². The third-order valence-corrected chi connectivity index (χ3v) is 5.14. The second-order valence-corrected chi connectivity index (χ2v) is 8.40. The fraction of sp³-hybridized carbons (Fsp3) is 0.611. The molecule has 0 aromatic heterocycles. The Morgan fingerprint density at radius 2 is 1.60 bits per heavy atom. The van der Waals surface area contributed by atoms with E-state index in [2.05, 4.69) is 37.9 Å². The molecule has 25 heavy (non-hydrogen) atoms. The molecule has 0 atom stereocenters. The second kappa shape index (κ2) is 9.65. The van der Waals surface area contributed by atoms with Crippen LogP contribution < -0.4 is 14.5 Å². The molecule has 7 heteroatoms. The fourth-order valence-electron chi connectivity index (χ4n) is 2.51. The number of carbonyl (C=O) groups is 1. The summed E-state index contributed by atoms with van der Waals surface area (Å²) in [4.78, 5) is 14.3. The lowest BCUT2D eigenvalue weighted by Gasteiger charge is -2.24. The third kappa shape index (κ3) is 6.94. The lowest BCUT2D eigenvalue weighted by molar-refractivity contribution is -0.119. The Labute approximate surface area is 152 Å². The summed E-state index contributed by atoms with van der Waals surface area (Å²) in [6.45, 7) is 10.4. The van der Waals surface area contributed by atoms with Crippen LogP contribution in [-0.2, 0) is 14.8 Å². The largest absolute Gasteiger partial charge is 0.372 e. The number of amides is 1. The Morgan fingerprint density at radius 1 is 1.08 bits per heavy atom. The van der Waals surface area contributed by atoms with Gasteiger partial charge in [0.25, 0.3) is 0 Å². The van der Waals surface area contributed by atoms with Crippen molar-refractivity contribution in [2.24, 2.45) is 5.92 Å². The van der Waals surface area contributed by atoms with Crippen LogP contribution in [0, 0.1) is 5.92 Å². The Kier molecular flexibility index (Phi) is 8.22. The molecule has 0 spiro atoms. The van der Waals surface area contributed by atoms with E-state index < -0.39 is 10.0 Å². The van der Waals surface area contributed by atoms with Crippen molar-refractivity contribution in [3.63, 3.8) is 0 Å². The molecule has 0 aliphatic carbocycles. The standard InChI is InChI=1S/C18H31N3O3S/c1-6-20(7-2)16-8-10-17(11-9-16)21(25(5,23)24)14-18(22)19-13-12-15(3)4/h8-11,15H,6-7,12-14H2,1-5H3,(H,19,22). The Hall–Kier alpha value is -1.76. The van der Waals surface area contributed by atoms with Crippen molar-refractivity contribution in [1.82, 2.24) is 5.32 Å². The van der Waals surface area contributed by atoms with Crippen molar-refractivity contribution in [2.45, 2.75) is 34.1 Å². The number of sulfonamides is 1. The highest BCUT2D eigenvalue weighted by molar-refractivity contribution is 7.92. The molecule has 0 radical (unpaired) electrons. The predicted molar refractivity (Wildman–Crippen MR) is 105 cm³/mol. The number of anilines is 2. The molecule has 0 aliphatic heterocycles. The SMILES string of the molecule is CCN(CC)c1ccc(N(CC(=O)NCCC(C)C)S(C)(=O)=O)cc1. The van der Waals surface area contributed by atoms with Crippen LogP contribution >= 0.6 is 0 Å². The average Bonchev–Trinajstić information content (AvgIpc) is 2.53. The zero-order valence-electron chi connectivity index (χ0n) is 15.9. The van der Waals surface area contributed by atoms with Crippen LogP contribution in [0.2, 0.25) is 0 Å². The van der Waals surface area contributed by atoms with Gasteiger partial charge in [0.05, 0.1) is 11.9 Å². The minimum atomic E-state index is -3.54. The topological polar surface area (TPSA) is 69.7 Å². The van der Waals surface area contributed by atoms with E-state index in [1.165, 1.54) is 0 Å². The van der Waals surface area contributed by atoms with Gasteiger partial charge in [0.1, 0.15) is 6.54 Å². The summed E-state index contributed by atoms with van der Waals surface area (Å²) in [6, 6.07) is 7.26. The average molecular weight is 370 g/mol. The summed E-state index contributed by atoms with van der Waals surface area (Å²) in [5, 5.41) is 2.78. The molecule has 0 heterocycles. The maximum atomic E-state index is 12.1. The molecule has 0 aliphatic rings. The highest BCUT2D eigenvalue weighted by Gasteiger charge is 2.20. The van der Waals surface area contributed by atoms with E-state index >= 15 is 0 Å². The third-order valence-electron chi connectivity index (χ3n) is 4.00. The molecule has 0 saturated carbocycles. The summed E-state index contributed by atoms with van der Waals surface area (Å²) < 4.78 is 25.4. The number of hydrogen-bond acceptors (Lipinski definition) is 4. The molecule has 6 nitrogen and oxygen atoms in total. The molecule has 0 bridgehead atoms. The van der Waals surface area contributed by atoms with Gasteiger partial charge in [-0.3, -0.25) is 9.10 Å². The van der Waals surface area contributed by atoms with Gasteiger partial charge in [-0.25, -0.2) is 8.42 Å². The molecular weight excluding hydrogens is 338 g/mol. The first kappa shape index (κ1) is 21.3. The van der Waals surface area contributed by atoms with Crippen LogP contribution in [0.4, 0.5) is 11.4 Å². The normalized spacial score (nSPS) is 11.4. The van der Waals surface area contributed by atoms with Crippen molar-refractivity contribution in [3.05, 3.63) is 24.3 Å². The Balaban J connectivity index is 2.88. The second-order valence-electron chi connectivity index (χ2n) is 6.49. The Morgan fingerprint density at radius 3 is 2.04 bits per heavy atom. The number of carbonyl (C=O) groups excluding carboxylic acids is 1. The number of benzene rings is 1. The molecule has 0 fully saturated rings. The van der Waals surface area contributed by atoms with Crippen LogP contribution in [-0.4, -0.2) is 46.8 Å². The predicted octanol–water partition coefficient (Wildman–Crippen LogP) is 2.46. The van der Waals surface area contributed by atoms with Crippen molar-refractivity contribution in [3.8, 4) is 0 Å². The smallest absolute Gasteiger partial charge is 0.240 e. The van der Waals surface area contributed by atoms with Crippen LogP contribution in [0.15, 0.2) is 24.3 Å². The minimum Gasteiger partial charge on any atom is -0.372 e. The first-order valence-corrected chi connectivity index (χ1v) is 10.6. The van der Waals surface area contributed by atoms with E-state index in [1.54, 1.807) is 12.1 Å². The van der Waals surface area contributed by atoms with Crippen molar-refractivity contribution < 1.29 is 13.2 Å². The van der Waals surface area contributed by atoms with Gasteiger partial charge in [-0.15, -0.1) is 0 Å².